The Morgan fingerprint density at radius 2 is 2.54 bits per heavy atom. The Bertz CT molecular complexity index is 306. The van der Waals surface area contributed by atoms with Gasteiger partial charge in [-0.05, 0) is 15.5 Å². The SMILES string of the molecule is O=C(O)COc1ccnc(NP)c1. The van der Waals surface area contributed by atoms with Gasteiger partial charge in [-0.15, -0.1) is 0 Å². The number of carbonyl (C=O) groups is 1. The van der Waals surface area contributed by atoms with E-state index >= 15 is 0 Å². The second kappa shape index (κ2) is 4.62. The monoisotopic (exact) mass is 200 g/mol. The summed E-state index contributed by atoms with van der Waals surface area (Å²) in [7, 11) is 2.29. The van der Waals surface area contributed by atoms with Gasteiger partial charge >= 0.3 is 5.97 Å². The molecule has 13 heavy (non-hydrogen) atoms. The van der Waals surface area contributed by atoms with E-state index in [0.717, 1.165) is 0 Å². The average Bonchev–Trinajstić information content (AvgIpc) is 2.15. The van der Waals surface area contributed by atoms with Gasteiger partial charge in [0.1, 0.15) is 11.6 Å². The van der Waals surface area contributed by atoms with E-state index < -0.39 is 5.97 Å². The molecule has 1 aromatic heterocycles. The van der Waals surface area contributed by atoms with Gasteiger partial charge in [-0.1, -0.05) is 0 Å². The Morgan fingerprint density at radius 3 is 3.15 bits per heavy atom. The molecule has 6 heteroatoms. The lowest BCUT2D eigenvalue weighted by atomic mass is 10.4. The first-order valence-electron chi connectivity index (χ1n) is 3.49. The summed E-state index contributed by atoms with van der Waals surface area (Å²) in [5, 5.41) is 11.1. The molecule has 5 nitrogen and oxygen atoms in total. The number of hydrogen-bond acceptors (Lipinski definition) is 4. The summed E-state index contributed by atoms with van der Waals surface area (Å²) >= 11 is 0. The lowest BCUT2D eigenvalue weighted by molar-refractivity contribution is -0.139. The number of aliphatic carboxylic acids is 1. The van der Waals surface area contributed by atoms with Gasteiger partial charge in [0.05, 0.1) is 0 Å². The van der Waals surface area contributed by atoms with E-state index in [1.165, 1.54) is 6.20 Å². The number of aromatic nitrogens is 1. The molecule has 2 N–H and O–H groups in total. The van der Waals surface area contributed by atoms with E-state index in [2.05, 4.69) is 19.5 Å². The maximum absolute atomic E-state index is 10.2. The van der Waals surface area contributed by atoms with Crippen molar-refractivity contribution in [1.29, 1.82) is 0 Å². The average molecular weight is 200 g/mol. The van der Waals surface area contributed by atoms with Gasteiger partial charge in [-0.25, -0.2) is 9.78 Å². The van der Waals surface area contributed by atoms with Crippen LogP contribution in [0.5, 0.6) is 5.75 Å². The number of rotatable bonds is 4. The van der Waals surface area contributed by atoms with Crippen molar-refractivity contribution in [2.45, 2.75) is 0 Å². The Balaban J connectivity index is 2.61. The van der Waals surface area contributed by atoms with Gasteiger partial charge < -0.3 is 14.9 Å². The Morgan fingerprint density at radius 1 is 1.77 bits per heavy atom. The zero-order chi connectivity index (χ0) is 9.68. The van der Waals surface area contributed by atoms with Crippen molar-refractivity contribution in [3.05, 3.63) is 18.3 Å². The van der Waals surface area contributed by atoms with Crippen LogP contribution in [0, 0.1) is 0 Å². The van der Waals surface area contributed by atoms with Gasteiger partial charge in [-0.3, -0.25) is 0 Å². The molecule has 1 atom stereocenters. The molecule has 0 aliphatic heterocycles. The van der Waals surface area contributed by atoms with Crippen LogP contribution in [0.4, 0.5) is 5.82 Å². The predicted octanol–water partition coefficient (Wildman–Crippen LogP) is 0.747. The third kappa shape index (κ3) is 3.25. The minimum absolute atomic E-state index is 0.347. The van der Waals surface area contributed by atoms with E-state index in [-0.39, 0.29) is 6.61 Å². The molecule has 0 aliphatic rings. The van der Waals surface area contributed by atoms with Gasteiger partial charge in [0.25, 0.3) is 0 Å². The van der Waals surface area contributed by atoms with Crippen LogP contribution in [-0.2, 0) is 4.79 Å². The van der Waals surface area contributed by atoms with Gasteiger partial charge in [0.2, 0.25) is 0 Å². The number of pyridine rings is 1. The third-order valence-electron chi connectivity index (χ3n) is 1.24. The predicted molar refractivity (Wildman–Crippen MR) is 50.7 cm³/mol. The molecule has 0 radical (unpaired) electrons. The second-order valence-electron chi connectivity index (χ2n) is 2.20. The fourth-order valence-corrected chi connectivity index (χ4v) is 0.883. The number of carboxylic acids is 1. The Labute approximate surface area is 77.4 Å². The van der Waals surface area contributed by atoms with Crippen molar-refractivity contribution in [3.8, 4) is 5.75 Å². The standard InChI is InChI=1S/C7H9N2O3P/c10-7(11)4-12-5-1-2-8-6(3-5)9-13/h1-3H,4,13H2,(H,8,9)(H,10,11). The zero-order valence-corrected chi connectivity index (χ0v) is 7.88. The highest BCUT2D eigenvalue weighted by Crippen LogP contribution is 2.14. The maximum Gasteiger partial charge on any atom is 0.341 e. The smallest absolute Gasteiger partial charge is 0.341 e. The van der Waals surface area contributed by atoms with Gasteiger partial charge in [0, 0.05) is 12.3 Å². The largest absolute Gasteiger partial charge is 0.482 e. The number of nitrogens with zero attached hydrogens (tertiary/aromatic N) is 1. The third-order valence-corrected chi connectivity index (χ3v) is 1.54. The Kier molecular flexibility index (Phi) is 3.46. The summed E-state index contributed by atoms with van der Waals surface area (Å²) in [4.78, 5) is 14.1. The summed E-state index contributed by atoms with van der Waals surface area (Å²) in [5.41, 5.74) is 0. The quantitative estimate of drug-likeness (QED) is 0.701. The number of nitrogens with one attached hydrogen (secondary N) is 1. The van der Waals surface area contributed by atoms with Crippen molar-refractivity contribution in [2.24, 2.45) is 0 Å². The topological polar surface area (TPSA) is 71.5 Å². The molecule has 1 unspecified atom stereocenters. The fraction of sp³-hybridized carbons (Fsp3) is 0.143. The number of hydrogen-bond donors (Lipinski definition) is 2. The number of ether oxygens (including phenoxy) is 1. The molecule has 0 aromatic carbocycles. The summed E-state index contributed by atoms with van der Waals surface area (Å²) in [6, 6.07) is 3.20. The van der Waals surface area contributed by atoms with Gasteiger partial charge in [0.15, 0.2) is 6.61 Å². The van der Waals surface area contributed by atoms with Crippen LogP contribution in [0.2, 0.25) is 0 Å². The number of carboxylic acid groups (broad SMARTS) is 1. The van der Waals surface area contributed by atoms with E-state index in [9.17, 15) is 4.79 Å². The highest BCUT2D eigenvalue weighted by Gasteiger charge is 1.99. The summed E-state index contributed by atoms with van der Waals surface area (Å²) in [6.07, 6.45) is 1.53. The Hall–Kier alpha value is -1.35. The fourth-order valence-electron chi connectivity index (χ4n) is 0.725. The summed E-state index contributed by atoms with van der Waals surface area (Å²) < 4.78 is 4.92. The molecular formula is C7H9N2O3P. The van der Waals surface area contributed by atoms with Crippen molar-refractivity contribution in [3.63, 3.8) is 0 Å². The minimum Gasteiger partial charge on any atom is -0.482 e. The first kappa shape index (κ1) is 9.74. The highest BCUT2D eigenvalue weighted by molar-refractivity contribution is 7.18. The van der Waals surface area contributed by atoms with Crippen LogP contribution in [-0.4, -0.2) is 22.7 Å². The van der Waals surface area contributed by atoms with Crippen molar-refractivity contribution < 1.29 is 14.6 Å². The maximum atomic E-state index is 10.2. The highest BCUT2D eigenvalue weighted by atomic mass is 31.0. The van der Waals surface area contributed by atoms with Crippen molar-refractivity contribution >= 4 is 21.2 Å². The van der Waals surface area contributed by atoms with Crippen LogP contribution in [0.15, 0.2) is 18.3 Å². The molecule has 0 saturated carbocycles. The van der Waals surface area contributed by atoms with E-state index in [4.69, 9.17) is 9.84 Å². The summed E-state index contributed by atoms with van der Waals surface area (Å²) in [5.74, 6) is 0.0763. The zero-order valence-electron chi connectivity index (χ0n) is 6.73. The van der Waals surface area contributed by atoms with Crippen molar-refractivity contribution in [1.82, 2.24) is 4.98 Å². The van der Waals surface area contributed by atoms with Crippen LogP contribution < -0.4 is 9.82 Å². The molecule has 0 bridgehead atoms. The molecule has 0 spiro atoms. The molecule has 0 amide bonds. The second-order valence-corrected chi connectivity index (χ2v) is 2.49. The normalized spacial score (nSPS) is 9.31. The van der Waals surface area contributed by atoms with Crippen LogP contribution in [0.25, 0.3) is 0 Å². The molecule has 1 rings (SSSR count). The number of anilines is 1. The van der Waals surface area contributed by atoms with Crippen LogP contribution >= 0.6 is 9.39 Å². The van der Waals surface area contributed by atoms with Crippen LogP contribution in [0.1, 0.15) is 0 Å². The molecule has 0 aliphatic carbocycles. The molecule has 1 heterocycles. The van der Waals surface area contributed by atoms with Crippen molar-refractivity contribution in [2.75, 3.05) is 11.7 Å². The lowest BCUT2D eigenvalue weighted by Crippen LogP contribution is -2.09. The molecule has 0 saturated heterocycles. The lowest BCUT2D eigenvalue weighted by Gasteiger charge is -2.03. The first-order chi connectivity index (χ1) is 6.22. The van der Waals surface area contributed by atoms with E-state index in [1.807, 2.05) is 0 Å². The van der Waals surface area contributed by atoms with Crippen LogP contribution in [0.3, 0.4) is 0 Å². The first-order valence-corrected chi connectivity index (χ1v) is 4.07. The molecule has 70 valence electrons. The summed E-state index contributed by atoms with van der Waals surface area (Å²) in [6.45, 7) is -0.347. The minimum atomic E-state index is -1.00. The molecular weight excluding hydrogens is 191 g/mol. The van der Waals surface area contributed by atoms with E-state index in [0.29, 0.717) is 11.6 Å². The van der Waals surface area contributed by atoms with Gasteiger partial charge in [-0.2, -0.15) is 0 Å². The molecule has 1 aromatic rings. The molecule has 0 fully saturated rings. The van der Waals surface area contributed by atoms with E-state index in [1.54, 1.807) is 12.1 Å².